The standard InChI is InChI=1S/C17H19FO3/c18-16-11-14(5-4-13(16)3-1-9-19)21-15-6-10-20-17(12-15)7-2-8-17/h4-5,11,15,19H,2,6-10,12H2. The number of aliphatic hydroxyl groups excluding tert-OH is 1. The number of ether oxygens (including phenoxy) is 2. The molecule has 1 spiro atoms. The van der Waals surface area contributed by atoms with Gasteiger partial charge in [-0.3, -0.25) is 0 Å². The van der Waals surface area contributed by atoms with Crippen LogP contribution in [0.4, 0.5) is 4.39 Å². The predicted molar refractivity (Wildman–Crippen MR) is 76.5 cm³/mol. The van der Waals surface area contributed by atoms with Gasteiger partial charge in [0, 0.05) is 18.9 Å². The van der Waals surface area contributed by atoms with E-state index in [-0.39, 0.29) is 23.9 Å². The molecule has 1 unspecified atom stereocenters. The Morgan fingerprint density at radius 1 is 1.43 bits per heavy atom. The van der Waals surface area contributed by atoms with Crippen molar-refractivity contribution in [2.24, 2.45) is 0 Å². The summed E-state index contributed by atoms with van der Waals surface area (Å²) < 4.78 is 25.6. The minimum absolute atomic E-state index is 0.0218. The zero-order chi connectivity index (χ0) is 14.7. The molecule has 3 nitrogen and oxygen atoms in total. The van der Waals surface area contributed by atoms with Gasteiger partial charge in [-0.1, -0.05) is 11.8 Å². The average Bonchev–Trinajstić information content (AvgIpc) is 2.45. The molecule has 3 rings (SSSR count). The van der Waals surface area contributed by atoms with E-state index in [1.165, 1.54) is 12.5 Å². The Kier molecular flexibility index (Phi) is 4.14. The van der Waals surface area contributed by atoms with Crippen molar-refractivity contribution in [2.75, 3.05) is 13.2 Å². The summed E-state index contributed by atoms with van der Waals surface area (Å²) in [5.41, 5.74) is 0.299. The first-order valence-corrected chi connectivity index (χ1v) is 7.41. The second-order valence-electron chi connectivity index (χ2n) is 5.72. The summed E-state index contributed by atoms with van der Waals surface area (Å²) >= 11 is 0. The van der Waals surface area contributed by atoms with E-state index in [9.17, 15) is 4.39 Å². The van der Waals surface area contributed by atoms with Crippen molar-refractivity contribution in [1.82, 2.24) is 0 Å². The highest BCUT2D eigenvalue weighted by atomic mass is 19.1. The summed E-state index contributed by atoms with van der Waals surface area (Å²) in [6.45, 7) is 0.440. The smallest absolute Gasteiger partial charge is 0.142 e. The van der Waals surface area contributed by atoms with Gasteiger partial charge in [0.2, 0.25) is 0 Å². The Morgan fingerprint density at radius 2 is 2.29 bits per heavy atom. The van der Waals surface area contributed by atoms with Crippen molar-refractivity contribution >= 4 is 0 Å². The van der Waals surface area contributed by atoms with E-state index in [4.69, 9.17) is 14.6 Å². The molecule has 4 heteroatoms. The first-order chi connectivity index (χ1) is 10.2. The lowest BCUT2D eigenvalue weighted by molar-refractivity contribution is -0.153. The molecule has 1 saturated carbocycles. The van der Waals surface area contributed by atoms with E-state index in [1.54, 1.807) is 12.1 Å². The lowest BCUT2D eigenvalue weighted by Crippen LogP contribution is -2.48. The number of aliphatic hydroxyl groups is 1. The summed E-state index contributed by atoms with van der Waals surface area (Å²) in [7, 11) is 0. The lowest BCUT2D eigenvalue weighted by Gasteiger charge is -2.46. The fourth-order valence-corrected chi connectivity index (χ4v) is 3.00. The van der Waals surface area contributed by atoms with Crippen LogP contribution in [0.15, 0.2) is 18.2 Å². The summed E-state index contributed by atoms with van der Waals surface area (Å²) in [6.07, 6.45) is 5.26. The maximum Gasteiger partial charge on any atom is 0.142 e. The molecule has 2 fully saturated rings. The lowest BCUT2D eigenvalue weighted by atomic mass is 9.74. The van der Waals surface area contributed by atoms with Crippen LogP contribution in [0.1, 0.15) is 37.7 Å². The molecule has 1 saturated heterocycles. The maximum absolute atomic E-state index is 13.9. The van der Waals surface area contributed by atoms with Crippen LogP contribution >= 0.6 is 0 Å². The number of hydrogen-bond donors (Lipinski definition) is 1. The zero-order valence-electron chi connectivity index (χ0n) is 11.9. The zero-order valence-corrected chi connectivity index (χ0v) is 11.9. The monoisotopic (exact) mass is 290 g/mol. The normalized spacial score (nSPS) is 23.0. The van der Waals surface area contributed by atoms with E-state index in [0.29, 0.717) is 12.4 Å². The van der Waals surface area contributed by atoms with Gasteiger partial charge in [-0.2, -0.15) is 0 Å². The number of halogens is 1. The van der Waals surface area contributed by atoms with E-state index >= 15 is 0 Å². The van der Waals surface area contributed by atoms with Gasteiger partial charge in [-0.15, -0.1) is 0 Å². The molecular formula is C17H19FO3. The van der Waals surface area contributed by atoms with Crippen LogP contribution in [0, 0.1) is 17.7 Å². The van der Waals surface area contributed by atoms with Crippen molar-refractivity contribution in [3.8, 4) is 17.6 Å². The predicted octanol–water partition coefficient (Wildman–Crippen LogP) is 2.65. The number of hydrogen-bond acceptors (Lipinski definition) is 3. The molecule has 0 radical (unpaired) electrons. The molecule has 1 N–H and O–H groups in total. The Morgan fingerprint density at radius 3 is 2.95 bits per heavy atom. The van der Waals surface area contributed by atoms with Gasteiger partial charge in [0.1, 0.15) is 24.3 Å². The average molecular weight is 290 g/mol. The van der Waals surface area contributed by atoms with Crippen molar-refractivity contribution in [3.63, 3.8) is 0 Å². The minimum atomic E-state index is -0.418. The van der Waals surface area contributed by atoms with Gasteiger partial charge < -0.3 is 14.6 Å². The second-order valence-corrected chi connectivity index (χ2v) is 5.72. The maximum atomic E-state index is 13.9. The SMILES string of the molecule is OCC#Cc1ccc(OC2CCOC3(CCC3)C2)cc1F. The Bertz CT molecular complexity index is 569. The summed E-state index contributed by atoms with van der Waals surface area (Å²) in [5.74, 6) is 5.13. The minimum Gasteiger partial charge on any atom is -0.490 e. The molecule has 1 heterocycles. The number of rotatable bonds is 2. The molecule has 21 heavy (non-hydrogen) atoms. The van der Waals surface area contributed by atoms with Gasteiger partial charge in [0.05, 0.1) is 17.8 Å². The molecular weight excluding hydrogens is 271 g/mol. The third-order valence-electron chi connectivity index (χ3n) is 4.26. The molecule has 0 amide bonds. The van der Waals surface area contributed by atoms with Gasteiger partial charge in [0.25, 0.3) is 0 Å². The highest BCUT2D eigenvalue weighted by Crippen LogP contribution is 2.43. The van der Waals surface area contributed by atoms with E-state index in [2.05, 4.69) is 11.8 Å². The first-order valence-electron chi connectivity index (χ1n) is 7.41. The van der Waals surface area contributed by atoms with Crippen LogP contribution in [-0.2, 0) is 4.74 Å². The first kappa shape index (κ1) is 14.4. The Balaban J connectivity index is 1.66. The molecule has 1 aliphatic heterocycles. The van der Waals surface area contributed by atoms with Crippen molar-refractivity contribution in [1.29, 1.82) is 0 Å². The number of benzene rings is 1. The van der Waals surface area contributed by atoms with Crippen molar-refractivity contribution in [3.05, 3.63) is 29.6 Å². The Hall–Kier alpha value is -1.57. The molecule has 1 aromatic carbocycles. The van der Waals surface area contributed by atoms with Crippen LogP contribution in [0.25, 0.3) is 0 Å². The topological polar surface area (TPSA) is 38.7 Å². The van der Waals surface area contributed by atoms with Gasteiger partial charge in [-0.05, 0) is 31.4 Å². The third-order valence-corrected chi connectivity index (χ3v) is 4.26. The fourth-order valence-electron chi connectivity index (χ4n) is 3.00. The molecule has 1 aliphatic carbocycles. The summed E-state index contributed by atoms with van der Waals surface area (Å²) in [5, 5.41) is 8.63. The van der Waals surface area contributed by atoms with Gasteiger partial charge in [-0.25, -0.2) is 4.39 Å². The highest BCUT2D eigenvalue weighted by molar-refractivity contribution is 5.39. The summed E-state index contributed by atoms with van der Waals surface area (Å²) in [4.78, 5) is 0. The molecule has 1 aromatic rings. The second kappa shape index (κ2) is 6.05. The van der Waals surface area contributed by atoms with Crippen LogP contribution < -0.4 is 4.74 Å². The molecule has 0 aromatic heterocycles. The van der Waals surface area contributed by atoms with Gasteiger partial charge in [0.15, 0.2) is 0 Å². The molecule has 112 valence electrons. The van der Waals surface area contributed by atoms with E-state index in [0.717, 1.165) is 25.7 Å². The van der Waals surface area contributed by atoms with Crippen LogP contribution in [-0.4, -0.2) is 30.0 Å². The quantitative estimate of drug-likeness (QED) is 0.851. The van der Waals surface area contributed by atoms with Crippen LogP contribution in [0.3, 0.4) is 0 Å². The van der Waals surface area contributed by atoms with E-state index in [1.807, 2.05) is 0 Å². The molecule has 1 atom stereocenters. The largest absolute Gasteiger partial charge is 0.490 e. The van der Waals surface area contributed by atoms with Crippen LogP contribution in [0.5, 0.6) is 5.75 Å². The van der Waals surface area contributed by atoms with Crippen LogP contribution in [0.2, 0.25) is 0 Å². The van der Waals surface area contributed by atoms with Crippen molar-refractivity contribution < 1.29 is 19.0 Å². The highest BCUT2D eigenvalue weighted by Gasteiger charge is 2.43. The summed E-state index contributed by atoms with van der Waals surface area (Å²) in [6, 6.07) is 4.68. The Labute approximate surface area is 124 Å². The molecule has 0 bridgehead atoms. The van der Waals surface area contributed by atoms with E-state index < -0.39 is 5.82 Å². The van der Waals surface area contributed by atoms with Crippen molar-refractivity contribution in [2.45, 2.75) is 43.8 Å². The third kappa shape index (κ3) is 3.20. The molecule has 2 aliphatic rings. The van der Waals surface area contributed by atoms with Gasteiger partial charge >= 0.3 is 0 Å². The fraction of sp³-hybridized carbons (Fsp3) is 0.529.